The molecule has 0 aromatic carbocycles. The van der Waals surface area contributed by atoms with Gasteiger partial charge in [0.25, 0.3) is 0 Å². The standard InChI is InChI=1S/C14H28BrN/c1-4-14(5-2)8-11-16(12-14)10-7-13(3)6-9-15/h13H,4-12H2,1-3H3. The topological polar surface area (TPSA) is 3.24 Å². The van der Waals surface area contributed by atoms with Crippen molar-refractivity contribution >= 4 is 15.9 Å². The Morgan fingerprint density at radius 3 is 2.44 bits per heavy atom. The fourth-order valence-electron chi connectivity index (χ4n) is 2.78. The third-order valence-corrected chi connectivity index (χ3v) is 5.02. The van der Waals surface area contributed by atoms with Crippen molar-refractivity contribution in [2.75, 3.05) is 25.0 Å². The Balaban J connectivity index is 2.26. The van der Waals surface area contributed by atoms with Gasteiger partial charge in [-0.05, 0) is 56.5 Å². The van der Waals surface area contributed by atoms with E-state index in [2.05, 4.69) is 41.6 Å². The van der Waals surface area contributed by atoms with Gasteiger partial charge in [0.05, 0.1) is 0 Å². The van der Waals surface area contributed by atoms with Gasteiger partial charge in [-0.2, -0.15) is 0 Å². The van der Waals surface area contributed by atoms with Gasteiger partial charge in [-0.1, -0.05) is 36.7 Å². The minimum Gasteiger partial charge on any atom is -0.303 e. The lowest BCUT2D eigenvalue weighted by Crippen LogP contribution is -2.28. The minimum atomic E-state index is 0.651. The van der Waals surface area contributed by atoms with E-state index in [1.54, 1.807) is 0 Å². The quantitative estimate of drug-likeness (QED) is 0.632. The minimum absolute atomic E-state index is 0.651. The van der Waals surface area contributed by atoms with Gasteiger partial charge in [0.15, 0.2) is 0 Å². The largest absolute Gasteiger partial charge is 0.303 e. The normalized spacial score (nSPS) is 22.5. The van der Waals surface area contributed by atoms with Crippen LogP contribution in [0.3, 0.4) is 0 Å². The summed E-state index contributed by atoms with van der Waals surface area (Å²) in [6.45, 7) is 11.1. The average molecular weight is 290 g/mol. The fraction of sp³-hybridized carbons (Fsp3) is 1.00. The van der Waals surface area contributed by atoms with E-state index in [1.807, 2.05) is 0 Å². The van der Waals surface area contributed by atoms with Crippen LogP contribution in [0.5, 0.6) is 0 Å². The van der Waals surface area contributed by atoms with Crippen LogP contribution < -0.4 is 0 Å². The first-order valence-corrected chi connectivity index (χ1v) is 8.06. The van der Waals surface area contributed by atoms with Gasteiger partial charge in [-0.3, -0.25) is 0 Å². The second-order valence-corrected chi connectivity index (χ2v) is 6.40. The first kappa shape index (κ1) is 14.5. The molecule has 0 bridgehead atoms. The van der Waals surface area contributed by atoms with Gasteiger partial charge in [-0.25, -0.2) is 0 Å². The van der Waals surface area contributed by atoms with E-state index < -0.39 is 0 Å². The van der Waals surface area contributed by atoms with Crippen molar-refractivity contribution in [2.45, 2.75) is 52.9 Å². The Morgan fingerprint density at radius 2 is 1.94 bits per heavy atom. The summed E-state index contributed by atoms with van der Waals surface area (Å²) in [7, 11) is 0. The van der Waals surface area contributed by atoms with Crippen molar-refractivity contribution in [1.82, 2.24) is 4.90 Å². The molecule has 1 aliphatic heterocycles. The predicted octanol–water partition coefficient (Wildman–Crippen LogP) is 4.31. The van der Waals surface area contributed by atoms with E-state index in [1.165, 1.54) is 51.7 Å². The van der Waals surface area contributed by atoms with Crippen LogP contribution in [-0.4, -0.2) is 29.9 Å². The summed E-state index contributed by atoms with van der Waals surface area (Å²) in [6, 6.07) is 0. The van der Waals surface area contributed by atoms with E-state index in [-0.39, 0.29) is 0 Å². The molecular weight excluding hydrogens is 262 g/mol. The number of likely N-dealkylation sites (tertiary alicyclic amines) is 1. The molecule has 0 saturated carbocycles. The van der Waals surface area contributed by atoms with Crippen LogP contribution in [0.1, 0.15) is 52.9 Å². The summed E-state index contributed by atoms with van der Waals surface area (Å²) in [5.74, 6) is 0.873. The third-order valence-electron chi connectivity index (χ3n) is 4.56. The highest BCUT2D eigenvalue weighted by Crippen LogP contribution is 2.37. The van der Waals surface area contributed by atoms with Crippen LogP contribution in [0.2, 0.25) is 0 Å². The van der Waals surface area contributed by atoms with Crippen LogP contribution in [0.25, 0.3) is 0 Å². The molecule has 2 heteroatoms. The molecule has 0 aromatic heterocycles. The smallest absolute Gasteiger partial charge is 0.00382 e. The summed E-state index contributed by atoms with van der Waals surface area (Å²) < 4.78 is 0. The van der Waals surface area contributed by atoms with Gasteiger partial charge in [0.2, 0.25) is 0 Å². The Bertz CT molecular complexity index is 189. The lowest BCUT2D eigenvalue weighted by Gasteiger charge is -2.27. The second-order valence-electron chi connectivity index (χ2n) is 5.60. The fourth-order valence-corrected chi connectivity index (χ4v) is 3.56. The van der Waals surface area contributed by atoms with E-state index in [0.29, 0.717) is 5.41 Å². The van der Waals surface area contributed by atoms with Crippen molar-refractivity contribution in [3.8, 4) is 0 Å². The van der Waals surface area contributed by atoms with Crippen molar-refractivity contribution in [1.29, 1.82) is 0 Å². The number of nitrogens with zero attached hydrogens (tertiary/aromatic N) is 1. The molecule has 1 atom stereocenters. The summed E-state index contributed by atoms with van der Waals surface area (Å²) in [6.07, 6.45) is 6.83. The average Bonchev–Trinajstić information content (AvgIpc) is 2.71. The molecule has 16 heavy (non-hydrogen) atoms. The number of rotatable bonds is 7. The highest BCUT2D eigenvalue weighted by Gasteiger charge is 2.34. The maximum absolute atomic E-state index is 3.53. The third kappa shape index (κ3) is 4.03. The molecule has 1 unspecified atom stereocenters. The van der Waals surface area contributed by atoms with Gasteiger partial charge in [0, 0.05) is 11.9 Å². The number of halogens is 1. The van der Waals surface area contributed by atoms with Crippen LogP contribution in [-0.2, 0) is 0 Å². The Hall–Kier alpha value is 0.440. The van der Waals surface area contributed by atoms with E-state index >= 15 is 0 Å². The zero-order valence-electron chi connectivity index (χ0n) is 11.3. The molecule has 0 N–H and O–H groups in total. The SMILES string of the molecule is CCC1(CC)CCN(CCC(C)CCBr)C1. The molecule has 1 heterocycles. The number of hydrogen-bond donors (Lipinski definition) is 0. The zero-order chi connectivity index (χ0) is 12.0. The molecule has 0 aliphatic carbocycles. The Morgan fingerprint density at radius 1 is 1.25 bits per heavy atom. The molecule has 1 nitrogen and oxygen atoms in total. The van der Waals surface area contributed by atoms with Crippen LogP contribution >= 0.6 is 15.9 Å². The van der Waals surface area contributed by atoms with E-state index in [9.17, 15) is 0 Å². The Labute approximate surface area is 110 Å². The van der Waals surface area contributed by atoms with Crippen LogP contribution in [0, 0.1) is 11.3 Å². The molecule has 0 spiro atoms. The highest BCUT2D eigenvalue weighted by molar-refractivity contribution is 9.09. The van der Waals surface area contributed by atoms with Crippen molar-refractivity contribution in [3.63, 3.8) is 0 Å². The number of alkyl halides is 1. The van der Waals surface area contributed by atoms with Gasteiger partial charge >= 0.3 is 0 Å². The first-order chi connectivity index (χ1) is 7.65. The molecule has 96 valence electrons. The van der Waals surface area contributed by atoms with Crippen molar-refractivity contribution in [3.05, 3.63) is 0 Å². The molecule has 0 aromatic rings. The predicted molar refractivity (Wildman–Crippen MR) is 76.3 cm³/mol. The number of hydrogen-bond acceptors (Lipinski definition) is 1. The maximum atomic E-state index is 3.53. The Kier molecular flexibility index (Phi) is 6.35. The van der Waals surface area contributed by atoms with Crippen molar-refractivity contribution in [2.24, 2.45) is 11.3 Å². The van der Waals surface area contributed by atoms with Crippen LogP contribution in [0.4, 0.5) is 0 Å². The summed E-state index contributed by atoms with van der Waals surface area (Å²) in [5.41, 5.74) is 0.651. The molecular formula is C14H28BrN. The molecule has 0 amide bonds. The van der Waals surface area contributed by atoms with E-state index in [4.69, 9.17) is 0 Å². The lowest BCUT2D eigenvalue weighted by atomic mass is 9.82. The summed E-state index contributed by atoms with van der Waals surface area (Å²) >= 11 is 3.53. The molecule has 0 radical (unpaired) electrons. The highest BCUT2D eigenvalue weighted by atomic mass is 79.9. The first-order valence-electron chi connectivity index (χ1n) is 6.94. The monoisotopic (exact) mass is 289 g/mol. The van der Waals surface area contributed by atoms with Gasteiger partial charge < -0.3 is 4.90 Å². The van der Waals surface area contributed by atoms with Gasteiger partial charge in [-0.15, -0.1) is 0 Å². The molecule has 1 saturated heterocycles. The second kappa shape index (κ2) is 7.00. The summed E-state index contributed by atoms with van der Waals surface area (Å²) in [4.78, 5) is 2.69. The van der Waals surface area contributed by atoms with Gasteiger partial charge in [0.1, 0.15) is 0 Å². The molecule has 1 aliphatic rings. The van der Waals surface area contributed by atoms with Crippen molar-refractivity contribution < 1.29 is 0 Å². The molecule has 1 rings (SSSR count). The summed E-state index contributed by atoms with van der Waals surface area (Å²) in [5, 5.41) is 1.15. The zero-order valence-corrected chi connectivity index (χ0v) is 12.9. The van der Waals surface area contributed by atoms with E-state index in [0.717, 1.165) is 11.2 Å². The maximum Gasteiger partial charge on any atom is 0.00382 e. The molecule has 1 fully saturated rings. The van der Waals surface area contributed by atoms with Crippen LogP contribution in [0.15, 0.2) is 0 Å². The lowest BCUT2D eigenvalue weighted by molar-refractivity contribution is 0.231.